The minimum Gasteiger partial charge on any atom is -0.355 e. The third-order valence-corrected chi connectivity index (χ3v) is 8.47. The number of para-hydroxylation sites is 1. The van der Waals surface area contributed by atoms with Crippen LogP contribution in [0.2, 0.25) is 0 Å². The number of hydrogen-bond donors (Lipinski definition) is 1. The lowest BCUT2D eigenvalue weighted by molar-refractivity contribution is 1.52. The molecular weight excluding hydrogens is 518 g/mol. The predicted molar refractivity (Wildman–Crippen MR) is 185 cm³/mol. The molecule has 0 heterocycles. The topological polar surface area (TPSA) is 12.0 Å². The number of fused-ring (bicyclic) bond motifs is 5. The molecule has 1 heteroatoms. The second kappa shape index (κ2) is 10.6. The molecule has 0 unspecified atom stereocenters. The molecule has 0 aliphatic carbocycles. The highest BCUT2D eigenvalue weighted by Crippen LogP contribution is 2.35. The number of anilines is 2. The molecule has 0 saturated heterocycles. The lowest BCUT2D eigenvalue weighted by Gasteiger charge is -2.13. The first kappa shape index (κ1) is 25.1. The maximum Gasteiger partial charge on any atom is 0.0463 e. The number of hydrogen-bond acceptors (Lipinski definition) is 1. The van der Waals surface area contributed by atoms with Crippen molar-refractivity contribution in [3.63, 3.8) is 0 Å². The summed E-state index contributed by atoms with van der Waals surface area (Å²) in [5.41, 5.74) is 9.42. The zero-order valence-electron chi connectivity index (χ0n) is 23.7. The summed E-state index contributed by atoms with van der Waals surface area (Å²) in [6, 6.07) is 61.0. The molecule has 8 aromatic carbocycles. The van der Waals surface area contributed by atoms with Gasteiger partial charge in [0.05, 0.1) is 0 Å². The lowest BCUT2D eigenvalue weighted by Crippen LogP contribution is -1.93. The fraction of sp³-hybridized carbons (Fsp3) is 0. The van der Waals surface area contributed by atoms with Crippen molar-refractivity contribution < 1.29 is 0 Å². The average molecular weight is 548 g/mol. The first-order chi connectivity index (χ1) is 21.3. The Hall–Kier alpha value is -5.66. The normalized spacial score (nSPS) is 11.3. The van der Waals surface area contributed by atoms with Crippen molar-refractivity contribution >= 4 is 43.7 Å². The molecule has 0 fully saturated rings. The van der Waals surface area contributed by atoms with Crippen LogP contribution in [0, 0.1) is 0 Å². The number of benzene rings is 8. The van der Waals surface area contributed by atoms with Crippen LogP contribution in [0.1, 0.15) is 0 Å². The van der Waals surface area contributed by atoms with Crippen LogP contribution in [-0.2, 0) is 0 Å². The van der Waals surface area contributed by atoms with Crippen molar-refractivity contribution in [2.75, 3.05) is 5.32 Å². The van der Waals surface area contributed by atoms with E-state index in [1.165, 1.54) is 65.7 Å². The third-order valence-electron chi connectivity index (χ3n) is 8.47. The molecule has 0 spiro atoms. The molecule has 0 saturated carbocycles. The third kappa shape index (κ3) is 4.71. The molecule has 43 heavy (non-hydrogen) atoms. The number of rotatable bonds is 5. The Morgan fingerprint density at radius 1 is 0.302 bits per heavy atom. The molecule has 0 radical (unpaired) electrons. The summed E-state index contributed by atoms with van der Waals surface area (Å²) in [5.74, 6) is 0. The highest BCUT2D eigenvalue weighted by atomic mass is 14.9. The van der Waals surface area contributed by atoms with Gasteiger partial charge in [0.2, 0.25) is 0 Å². The smallest absolute Gasteiger partial charge is 0.0463 e. The van der Waals surface area contributed by atoms with Crippen LogP contribution in [-0.4, -0.2) is 0 Å². The lowest BCUT2D eigenvalue weighted by atomic mass is 9.94. The molecule has 0 aromatic heterocycles. The Bertz CT molecular complexity index is 2230. The monoisotopic (exact) mass is 547 g/mol. The zero-order chi connectivity index (χ0) is 28.6. The summed E-state index contributed by atoms with van der Waals surface area (Å²) in [6.07, 6.45) is 0. The molecule has 1 N–H and O–H groups in total. The van der Waals surface area contributed by atoms with Gasteiger partial charge in [-0.15, -0.1) is 0 Å². The van der Waals surface area contributed by atoms with Crippen molar-refractivity contribution in [3.8, 4) is 33.4 Å². The molecule has 0 amide bonds. The molecule has 1 nitrogen and oxygen atoms in total. The minimum absolute atomic E-state index is 1.07. The van der Waals surface area contributed by atoms with Crippen LogP contribution in [0.15, 0.2) is 170 Å². The van der Waals surface area contributed by atoms with Gasteiger partial charge in [-0.25, -0.2) is 0 Å². The van der Waals surface area contributed by atoms with E-state index in [4.69, 9.17) is 0 Å². The van der Waals surface area contributed by atoms with Crippen molar-refractivity contribution in [3.05, 3.63) is 170 Å². The Morgan fingerprint density at radius 3 is 1.60 bits per heavy atom. The Balaban J connectivity index is 1.06. The first-order valence-corrected chi connectivity index (χ1v) is 14.8. The summed E-state index contributed by atoms with van der Waals surface area (Å²) in [4.78, 5) is 0. The standard InChI is InChI=1S/C42H29N/c1-2-8-32(9-3-1)38-12-6-7-13-42(38)43-36-24-20-30(21-25-36)29-14-16-31(17-15-29)35-19-18-34-23-26-39-37-11-5-4-10-33(37)22-27-40(39)41(34)28-35/h1-28,43H. The quantitative estimate of drug-likeness (QED) is 0.211. The van der Waals surface area contributed by atoms with E-state index in [2.05, 4.69) is 175 Å². The van der Waals surface area contributed by atoms with Crippen molar-refractivity contribution in [2.24, 2.45) is 0 Å². The van der Waals surface area contributed by atoms with E-state index in [9.17, 15) is 0 Å². The van der Waals surface area contributed by atoms with Gasteiger partial charge in [-0.2, -0.15) is 0 Å². The zero-order valence-corrected chi connectivity index (χ0v) is 23.7. The second-order valence-electron chi connectivity index (χ2n) is 11.1. The van der Waals surface area contributed by atoms with Gasteiger partial charge in [-0.05, 0) is 84.4 Å². The first-order valence-electron chi connectivity index (χ1n) is 14.8. The van der Waals surface area contributed by atoms with Crippen molar-refractivity contribution in [1.82, 2.24) is 0 Å². The number of nitrogens with one attached hydrogen (secondary N) is 1. The maximum atomic E-state index is 3.62. The van der Waals surface area contributed by atoms with Gasteiger partial charge in [-0.3, -0.25) is 0 Å². The largest absolute Gasteiger partial charge is 0.355 e. The van der Waals surface area contributed by atoms with Crippen LogP contribution in [0.5, 0.6) is 0 Å². The van der Waals surface area contributed by atoms with Gasteiger partial charge >= 0.3 is 0 Å². The fourth-order valence-electron chi connectivity index (χ4n) is 6.22. The predicted octanol–water partition coefficient (Wildman–Crippen LogP) is 11.9. The van der Waals surface area contributed by atoms with E-state index in [0.29, 0.717) is 0 Å². The van der Waals surface area contributed by atoms with Gasteiger partial charge in [0.25, 0.3) is 0 Å². The van der Waals surface area contributed by atoms with Crippen LogP contribution in [0.4, 0.5) is 11.4 Å². The van der Waals surface area contributed by atoms with Gasteiger partial charge in [0.1, 0.15) is 0 Å². The molecule has 0 atom stereocenters. The van der Waals surface area contributed by atoms with E-state index in [-0.39, 0.29) is 0 Å². The van der Waals surface area contributed by atoms with Crippen LogP contribution in [0.25, 0.3) is 65.7 Å². The van der Waals surface area contributed by atoms with Crippen LogP contribution >= 0.6 is 0 Å². The molecular formula is C42H29N. The van der Waals surface area contributed by atoms with Gasteiger partial charge < -0.3 is 5.32 Å². The van der Waals surface area contributed by atoms with Crippen molar-refractivity contribution in [2.45, 2.75) is 0 Å². The van der Waals surface area contributed by atoms with E-state index < -0.39 is 0 Å². The molecule has 8 rings (SSSR count). The summed E-state index contributed by atoms with van der Waals surface area (Å²) >= 11 is 0. The Morgan fingerprint density at radius 2 is 0.837 bits per heavy atom. The van der Waals surface area contributed by atoms with E-state index in [0.717, 1.165) is 11.4 Å². The summed E-state index contributed by atoms with van der Waals surface area (Å²) in [7, 11) is 0. The fourth-order valence-corrected chi connectivity index (χ4v) is 6.22. The molecule has 0 aliphatic heterocycles. The Labute approximate surface area is 251 Å². The average Bonchev–Trinajstić information content (AvgIpc) is 3.09. The summed E-state index contributed by atoms with van der Waals surface area (Å²) in [5, 5.41) is 11.4. The van der Waals surface area contributed by atoms with Gasteiger partial charge in [0.15, 0.2) is 0 Å². The molecule has 0 bridgehead atoms. The van der Waals surface area contributed by atoms with Gasteiger partial charge in [-0.1, -0.05) is 146 Å². The second-order valence-corrected chi connectivity index (χ2v) is 11.1. The van der Waals surface area contributed by atoms with Crippen LogP contribution in [0.3, 0.4) is 0 Å². The van der Waals surface area contributed by atoms with Gasteiger partial charge in [0, 0.05) is 16.9 Å². The van der Waals surface area contributed by atoms with E-state index in [1.807, 2.05) is 0 Å². The SMILES string of the molecule is c1ccc(-c2ccccc2Nc2ccc(-c3ccc(-c4ccc5ccc6c7ccccc7ccc6c5c4)cc3)cc2)cc1. The van der Waals surface area contributed by atoms with E-state index >= 15 is 0 Å². The van der Waals surface area contributed by atoms with Crippen molar-refractivity contribution in [1.29, 1.82) is 0 Å². The summed E-state index contributed by atoms with van der Waals surface area (Å²) < 4.78 is 0. The maximum absolute atomic E-state index is 3.62. The minimum atomic E-state index is 1.07. The molecule has 202 valence electrons. The Kier molecular flexibility index (Phi) is 6.20. The highest BCUT2D eigenvalue weighted by Gasteiger charge is 2.08. The molecule has 8 aromatic rings. The summed E-state index contributed by atoms with van der Waals surface area (Å²) in [6.45, 7) is 0. The van der Waals surface area contributed by atoms with Crippen LogP contribution < -0.4 is 5.32 Å². The molecule has 0 aliphatic rings. The van der Waals surface area contributed by atoms with E-state index in [1.54, 1.807) is 0 Å². The highest BCUT2D eigenvalue weighted by molar-refractivity contribution is 6.17.